The van der Waals surface area contributed by atoms with Gasteiger partial charge in [0, 0.05) is 32.2 Å². The Hall–Kier alpha value is -1.30. The molecule has 6 nitrogen and oxygen atoms in total. The number of hydrogen-bond acceptors (Lipinski definition) is 3. The summed E-state index contributed by atoms with van der Waals surface area (Å²) in [6.07, 6.45) is 2.01. The normalized spacial score (nSPS) is 28.4. The third-order valence-electron chi connectivity index (χ3n) is 4.22. The van der Waals surface area contributed by atoms with Crippen LogP contribution in [0, 0.1) is 5.92 Å². The van der Waals surface area contributed by atoms with Crippen LogP contribution >= 0.6 is 0 Å². The molecule has 0 aromatic rings. The Labute approximate surface area is 113 Å². The fraction of sp³-hybridized carbons (Fsp3) is 0.846. The molecule has 1 heterocycles. The van der Waals surface area contributed by atoms with Crippen LogP contribution in [-0.4, -0.2) is 65.7 Å². The Morgan fingerprint density at radius 3 is 2.42 bits per heavy atom. The van der Waals surface area contributed by atoms with Gasteiger partial charge < -0.3 is 20.2 Å². The van der Waals surface area contributed by atoms with Gasteiger partial charge in [-0.1, -0.05) is 6.92 Å². The van der Waals surface area contributed by atoms with Crippen molar-refractivity contribution in [2.45, 2.75) is 32.2 Å². The molecule has 2 fully saturated rings. The molecule has 0 aromatic heterocycles. The van der Waals surface area contributed by atoms with Crippen molar-refractivity contribution in [1.29, 1.82) is 0 Å². The van der Waals surface area contributed by atoms with E-state index in [9.17, 15) is 9.59 Å². The monoisotopic (exact) mass is 269 g/mol. The summed E-state index contributed by atoms with van der Waals surface area (Å²) in [5, 5.41) is 11.9. The molecule has 0 bridgehead atoms. The Morgan fingerprint density at radius 2 is 1.89 bits per heavy atom. The molecule has 0 spiro atoms. The van der Waals surface area contributed by atoms with Crippen molar-refractivity contribution < 1.29 is 14.7 Å². The third-order valence-corrected chi connectivity index (χ3v) is 4.22. The first-order valence-electron chi connectivity index (χ1n) is 7.10. The van der Waals surface area contributed by atoms with Gasteiger partial charge in [-0.2, -0.15) is 0 Å². The summed E-state index contributed by atoms with van der Waals surface area (Å²) in [5.74, 6) is -1.03. The highest BCUT2D eigenvalue weighted by Crippen LogP contribution is 2.25. The van der Waals surface area contributed by atoms with Gasteiger partial charge in [0.1, 0.15) is 0 Å². The lowest BCUT2D eigenvalue weighted by atomic mass is 10.1. The van der Waals surface area contributed by atoms with E-state index >= 15 is 0 Å². The zero-order valence-electron chi connectivity index (χ0n) is 11.5. The van der Waals surface area contributed by atoms with Crippen molar-refractivity contribution in [3.05, 3.63) is 0 Å². The second-order valence-corrected chi connectivity index (χ2v) is 5.42. The number of likely N-dealkylation sites (N-methyl/N-ethyl adjacent to an activating group) is 1. The zero-order chi connectivity index (χ0) is 13.8. The molecule has 19 heavy (non-hydrogen) atoms. The minimum absolute atomic E-state index is 0.0257. The van der Waals surface area contributed by atoms with E-state index in [1.54, 1.807) is 0 Å². The molecule has 2 atom stereocenters. The molecule has 0 radical (unpaired) electrons. The molecule has 1 saturated carbocycles. The van der Waals surface area contributed by atoms with E-state index in [0.717, 1.165) is 39.1 Å². The van der Waals surface area contributed by atoms with Gasteiger partial charge in [-0.3, -0.25) is 4.79 Å². The number of carbonyl (C=O) groups is 2. The Bertz CT molecular complexity index is 340. The minimum atomic E-state index is -0.742. The van der Waals surface area contributed by atoms with Gasteiger partial charge in [-0.25, -0.2) is 4.79 Å². The smallest absolute Gasteiger partial charge is 0.317 e. The number of urea groups is 1. The summed E-state index contributed by atoms with van der Waals surface area (Å²) in [4.78, 5) is 27.1. The van der Waals surface area contributed by atoms with Crippen LogP contribution in [0.3, 0.4) is 0 Å². The quantitative estimate of drug-likeness (QED) is 0.786. The van der Waals surface area contributed by atoms with Crippen molar-refractivity contribution in [1.82, 2.24) is 15.1 Å². The fourth-order valence-electron chi connectivity index (χ4n) is 2.87. The van der Waals surface area contributed by atoms with E-state index in [0.29, 0.717) is 12.8 Å². The molecule has 2 aliphatic rings. The molecule has 2 N–H and O–H groups in total. The predicted molar refractivity (Wildman–Crippen MR) is 71.0 cm³/mol. The van der Waals surface area contributed by atoms with Gasteiger partial charge in [-0.05, 0) is 25.8 Å². The van der Waals surface area contributed by atoms with Gasteiger partial charge in [-0.15, -0.1) is 0 Å². The number of nitrogens with zero attached hydrogens (tertiary/aromatic N) is 2. The van der Waals surface area contributed by atoms with Crippen LogP contribution in [0.25, 0.3) is 0 Å². The summed E-state index contributed by atoms with van der Waals surface area (Å²) < 4.78 is 0. The number of hydrogen-bond donors (Lipinski definition) is 2. The predicted octanol–water partition coefficient (Wildman–Crippen LogP) is 0.587. The third kappa shape index (κ3) is 3.59. The van der Waals surface area contributed by atoms with Crippen molar-refractivity contribution in [2.24, 2.45) is 5.92 Å². The van der Waals surface area contributed by atoms with E-state index in [1.807, 2.05) is 4.90 Å². The fourth-order valence-corrected chi connectivity index (χ4v) is 2.87. The van der Waals surface area contributed by atoms with Gasteiger partial charge >= 0.3 is 12.0 Å². The first-order valence-corrected chi connectivity index (χ1v) is 7.10. The molecule has 2 amide bonds. The average molecular weight is 269 g/mol. The van der Waals surface area contributed by atoms with Crippen LogP contribution in [0.15, 0.2) is 0 Å². The molecular formula is C13H23N3O3. The summed E-state index contributed by atoms with van der Waals surface area (Å²) in [5.41, 5.74) is 0. The number of amides is 2. The lowest BCUT2D eigenvalue weighted by Crippen LogP contribution is -2.53. The number of piperazine rings is 1. The van der Waals surface area contributed by atoms with E-state index in [4.69, 9.17) is 5.11 Å². The highest BCUT2D eigenvalue weighted by Gasteiger charge is 2.31. The number of aliphatic carboxylic acids is 1. The summed E-state index contributed by atoms with van der Waals surface area (Å²) >= 11 is 0. The largest absolute Gasteiger partial charge is 0.481 e. The first-order chi connectivity index (χ1) is 9.10. The van der Waals surface area contributed by atoms with E-state index in [2.05, 4.69) is 17.1 Å². The molecule has 1 aliphatic carbocycles. The highest BCUT2D eigenvalue weighted by atomic mass is 16.4. The van der Waals surface area contributed by atoms with Crippen molar-refractivity contribution in [2.75, 3.05) is 32.7 Å². The Kier molecular flexibility index (Phi) is 4.63. The topological polar surface area (TPSA) is 72.9 Å². The maximum atomic E-state index is 12.1. The van der Waals surface area contributed by atoms with E-state index < -0.39 is 5.97 Å². The van der Waals surface area contributed by atoms with Crippen LogP contribution in [0.4, 0.5) is 4.79 Å². The van der Waals surface area contributed by atoms with Crippen molar-refractivity contribution in [3.63, 3.8) is 0 Å². The molecule has 108 valence electrons. The van der Waals surface area contributed by atoms with Gasteiger partial charge in [0.2, 0.25) is 0 Å². The lowest BCUT2D eigenvalue weighted by molar-refractivity contribution is -0.141. The molecule has 1 aliphatic heterocycles. The average Bonchev–Trinajstić information content (AvgIpc) is 2.87. The van der Waals surface area contributed by atoms with Crippen molar-refractivity contribution >= 4 is 12.0 Å². The van der Waals surface area contributed by atoms with Crippen LogP contribution in [0.5, 0.6) is 0 Å². The lowest BCUT2D eigenvalue weighted by Gasteiger charge is -2.34. The molecule has 0 aromatic carbocycles. The molecule has 2 unspecified atom stereocenters. The minimum Gasteiger partial charge on any atom is -0.481 e. The van der Waals surface area contributed by atoms with Gasteiger partial charge in [0.05, 0.1) is 5.92 Å². The Balaban J connectivity index is 1.75. The number of rotatable bonds is 3. The molecule has 2 rings (SSSR count). The van der Waals surface area contributed by atoms with E-state index in [1.165, 1.54) is 0 Å². The number of carboxylic acid groups (broad SMARTS) is 1. The van der Waals surface area contributed by atoms with Crippen LogP contribution in [-0.2, 0) is 4.79 Å². The van der Waals surface area contributed by atoms with Crippen LogP contribution in [0.1, 0.15) is 26.2 Å². The van der Waals surface area contributed by atoms with E-state index in [-0.39, 0.29) is 18.0 Å². The standard InChI is InChI=1S/C13H23N3O3/c1-2-15-5-7-16(8-6-15)13(19)14-11-4-3-10(9-11)12(17)18/h10-11H,2-9H2,1H3,(H,14,19)(H,17,18). The number of nitrogens with one attached hydrogen (secondary N) is 1. The maximum absolute atomic E-state index is 12.1. The van der Waals surface area contributed by atoms with Crippen LogP contribution in [0.2, 0.25) is 0 Å². The number of carboxylic acids is 1. The van der Waals surface area contributed by atoms with Gasteiger partial charge in [0.15, 0.2) is 0 Å². The SMILES string of the molecule is CCN1CCN(C(=O)NC2CCC(C(=O)O)C2)CC1. The summed E-state index contributed by atoms with van der Waals surface area (Å²) in [6.45, 7) is 6.51. The summed E-state index contributed by atoms with van der Waals surface area (Å²) in [7, 11) is 0. The maximum Gasteiger partial charge on any atom is 0.317 e. The second kappa shape index (κ2) is 6.23. The highest BCUT2D eigenvalue weighted by molar-refractivity contribution is 5.75. The summed E-state index contributed by atoms with van der Waals surface area (Å²) in [6, 6.07) is -0.00963. The number of carbonyl (C=O) groups excluding carboxylic acids is 1. The molecule has 1 saturated heterocycles. The van der Waals surface area contributed by atoms with Gasteiger partial charge in [0.25, 0.3) is 0 Å². The second-order valence-electron chi connectivity index (χ2n) is 5.42. The zero-order valence-corrected chi connectivity index (χ0v) is 11.5. The molecule has 6 heteroatoms. The first kappa shape index (κ1) is 14.1. The van der Waals surface area contributed by atoms with Crippen LogP contribution < -0.4 is 5.32 Å². The Morgan fingerprint density at radius 1 is 1.21 bits per heavy atom. The molecular weight excluding hydrogens is 246 g/mol. The van der Waals surface area contributed by atoms with Crippen molar-refractivity contribution in [3.8, 4) is 0 Å².